The lowest BCUT2D eigenvalue weighted by molar-refractivity contribution is 0.101. The van der Waals surface area contributed by atoms with Crippen molar-refractivity contribution in [3.05, 3.63) is 94.5 Å². The van der Waals surface area contributed by atoms with Crippen LogP contribution in [-0.2, 0) is 0 Å². The van der Waals surface area contributed by atoms with Gasteiger partial charge in [0.25, 0.3) is 0 Å². The number of Topliss-reactive ketones (excluding diaryl/α,β-unsaturated/α-hetero) is 2. The van der Waals surface area contributed by atoms with Crippen LogP contribution in [0.3, 0.4) is 0 Å². The molecular weight excluding hydrogens is 556 g/mol. The van der Waals surface area contributed by atoms with Gasteiger partial charge in [-0.05, 0) is 36.4 Å². The van der Waals surface area contributed by atoms with Crippen molar-refractivity contribution in [2.45, 2.75) is 18.5 Å². The molecule has 0 unspecified atom stereocenters. The average Bonchev–Trinajstić information content (AvgIpc) is 3.30. The Labute approximate surface area is 217 Å². The number of aromatic nitrogens is 2. The van der Waals surface area contributed by atoms with Crippen molar-refractivity contribution < 1.29 is 9.59 Å². The lowest BCUT2D eigenvalue weighted by atomic mass is 10.1. The Bertz CT molecular complexity index is 1230. The van der Waals surface area contributed by atoms with Gasteiger partial charge in [-0.3, -0.25) is 9.59 Å². The van der Waals surface area contributed by atoms with Crippen molar-refractivity contribution >= 4 is 74.1 Å². The Morgan fingerprint density at radius 1 is 0.697 bits per heavy atom. The average molecular weight is 574 g/mol. The summed E-state index contributed by atoms with van der Waals surface area (Å²) >= 11 is 9.17. The molecule has 1 heterocycles. The molecule has 1 aromatic heterocycles. The third-order valence-corrected chi connectivity index (χ3v) is 9.10. The summed E-state index contributed by atoms with van der Waals surface area (Å²) in [5, 5.41) is 8.28. The van der Waals surface area contributed by atoms with E-state index in [-0.39, 0.29) is 11.6 Å². The predicted octanol–water partition coefficient (Wildman–Crippen LogP) is 7.40. The molecule has 0 radical (unpaired) electrons. The minimum absolute atomic E-state index is 0.0426. The first-order valence-corrected chi connectivity index (χ1v) is 14.2. The molecule has 0 spiro atoms. The number of carbonyl (C=O) groups is 2. The van der Waals surface area contributed by atoms with E-state index in [1.807, 2.05) is 54.6 Å². The van der Waals surface area contributed by atoms with E-state index in [0.717, 1.165) is 22.9 Å². The third kappa shape index (κ3) is 7.28. The summed E-state index contributed by atoms with van der Waals surface area (Å²) in [5.74, 6) is 0.683. The van der Waals surface area contributed by atoms with Crippen LogP contribution in [0.5, 0.6) is 0 Å². The van der Waals surface area contributed by atoms with Crippen LogP contribution in [0.15, 0.2) is 102 Å². The summed E-state index contributed by atoms with van der Waals surface area (Å²) in [5.41, 5.74) is 1.35. The number of halogens is 1. The molecule has 0 amide bonds. The van der Waals surface area contributed by atoms with E-state index in [1.165, 1.54) is 34.9 Å². The van der Waals surface area contributed by atoms with Gasteiger partial charge in [0.05, 0.1) is 11.5 Å². The molecule has 4 nitrogen and oxygen atoms in total. The standard InChI is InChI=1S/C24H17BrN2O2S4/c25-18-10-6-16(7-11-18)21(28)14-30-23-26-27-24(33-23)31-15-22(29)17-8-12-20(13-9-17)32-19-4-2-1-3-5-19/h1-13H,14-15H2. The largest absolute Gasteiger partial charge is 0.293 e. The molecular formula is C24H17BrN2O2S4. The smallest absolute Gasteiger partial charge is 0.175 e. The van der Waals surface area contributed by atoms with Gasteiger partial charge in [0, 0.05) is 25.4 Å². The zero-order valence-corrected chi connectivity index (χ0v) is 22.0. The number of carbonyl (C=O) groups excluding carboxylic acids is 2. The van der Waals surface area contributed by atoms with E-state index in [1.54, 1.807) is 23.9 Å². The van der Waals surface area contributed by atoms with Crippen LogP contribution in [0.2, 0.25) is 0 Å². The molecule has 0 bridgehead atoms. The number of thioether (sulfide) groups is 2. The van der Waals surface area contributed by atoms with Gasteiger partial charge in [-0.1, -0.05) is 105 Å². The molecule has 0 aliphatic rings. The third-order valence-electron chi connectivity index (χ3n) is 4.36. The molecule has 0 saturated carbocycles. The number of ketones is 2. The van der Waals surface area contributed by atoms with Gasteiger partial charge in [-0.25, -0.2) is 0 Å². The second-order valence-electron chi connectivity index (χ2n) is 6.70. The Kier molecular flexibility index (Phi) is 8.80. The lowest BCUT2D eigenvalue weighted by Crippen LogP contribution is -2.01. The second kappa shape index (κ2) is 12.0. The first-order valence-electron chi connectivity index (χ1n) is 9.81. The maximum absolute atomic E-state index is 12.6. The van der Waals surface area contributed by atoms with Crippen LogP contribution in [0.1, 0.15) is 20.7 Å². The fourth-order valence-electron chi connectivity index (χ4n) is 2.70. The summed E-state index contributed by atoms with van der Waals surface area (Å²) in [6, 6.07) is 25.1. The first kappa shape index (κ1) is 24.2. The molecule has 9 heteroatoms. The minimum atomic E-state index is 0.0426. The first-order chi connectivity index (χ1) is 16.1. The maximum atomic E-state index is 12.6. The highest BCUT2D eigenvalue weighted by Gasteiger charge is 2.13. The Morgan fingerprint density at radius 3 is 1.73 bits per heavy atom. The molecule has 166 valence electrons. The molecule has 4 rings (SSSR count). The van der Waals surface area contributed by atoms with E-state index >= 15 is 0 Å². The lowest BCUT2D eigenvalue weighted by Gasteiger charge is -2.03. The van der Waals surface area contributed by atoms with Crippen LogP contribution in [0.4, 0.5) is 0 Å². The normalized spacial score (nSPS) is 10.8. The van der Waals surface area contributed by atoms with Crippen molar-refractivity contribution in [1.82, 2.24) is 10.2 Å². The van der Waals surface area contributed by atoms with Gasteiger partial charge in [-0.2, -0.15) is 0 Å². The van der Waals surface area contributed by atoms with Crippen molar-refractivity contribution in [2.75, 3.05) is 11.5 Å². The summed E-state index contributed by atoms with van der Waals surface area (Å²) in [7, 11) is 0. The van der Waals surface area contributed by atoms with Crippen LogP contribution in [0.25, 0.3) is 0 Å². The summed E-state index contributed by atoms with van der Waals surface area (Å²) < 4.78 is 2.38. The molecule has 33 heavy (non-hydrogen) atoms. The fourth-order valence-corrected chi connectivity index (χ4v) is 6.62. The molecule has 0 N–H and O–H groups in total. The molecule has 0 fully saturated rings. The van der Waals surface area contributed by atoms with E-state index in [2.05, 4.69) is 38.3 Å². The monoisotopic (exact) mass is 572 g/mol. The van der Waals surface area contributed by atoms with Gasteiger partial charge in [-0.15, -0.1) is 10.2 Å². The predicted molar refractivity (Wildman–Crippen MR) is 141 cm³/mol. The molecule has 0 saturated heterocycles. The zero-order valence-electron chi connectivity index (χ0n) is 17.1. The number of nitrogens with zero attached hydrogens (tertiary/aromatic N) is 2. The van der Waals surface area contributed by atoms with Crippen LogP contribution in [-0.4, -0.2) is 33.3 Å². The van der Waals surface area contributed by atoms with Crippen LogP contribution in [0, 0.1) is 0 Å². The highest BCUT2D eigenvalue weighted by molar-refractivity contribution is 9.10. The zero-order chi connectivity index (χ0) is 23.0. The quantitative estimate of drug-likeness (QED) is 0.145. The summed E-state index contributed by atoms with van der Waals surface area (Å²) in [4.78, 5) is 27.1. The Morgan fingerprint density at radius 2 is 1.18 bits per heavy atom. The molecule has 0 aliphatic heterocycles. The van der Waals surface area contributed by atoms with Gasteiger partial charge >= 0.3 is 0 Å². The highest BCUT2D eigenvalue weighted by Crippen LogP contribution is 2.30. The number of rotatable bonds is 10. The number of hydrogen-bond acceptors (Lipinski definition) is 8. The summed E-state index contributed by atoms with van der Waals surface area (Å²) in [6.07, 6.45) is 0. The maximum Gasteiger partial charge on any atom is 0.175 e. The van der Waals surface area contributed by atoms with E-state index < -0.39 is 0 Å². The number of benzene rings is 3. The second-order valence-corrected chi connectivity index (χ2v) is 12.2. The Balaban J connectivity index is 1.25. The SMILES string of the molecule is O=C(CSc1nnc(SCC(=O)c2ccc(Sc3ccccc3)cc2)s1)c1ccc(Br)cc1. The van der Waals surface area contributed by atoms with E-state index in [4.69, 9.17) is 0 Å². The highest BCUT2D eigenvalue weighted by atomic mass is 79.9. The van der Waals surface area contributed by atoms with E-state index in [0.29, 0.717) is 22.6 Å². The molecule has 4 aromatic rings. The van der Waals surface area contributed by atoms with Crippen LogP contribution < -0.4 is 0 Å². The van der Waals surface area contributed by atoms with Gasteiger partial charge < -0.3 is 0 Å². The van der Waals surface area contributed by atoms with Crippen LogP contribution >= 0.6 is 62.6 Å². The van der Waals surface area contributed by atoms with Gasteiger partial charge in [0.15, 0.2) is 20.2 Å². The topological polar surface area (TPSA) is 59.9 Å². The Hall–Kier alpha value is -1.91. The van der Waals surface area contributed by atoms with Gasteiger partial charge in [0.2, 0.25) is 0 Å². The summed E-state index contributed by atoms with van der Waals surface area (Å²) in [6.45, 7) is 0. The molecule has 3 aromatic carbocycles. The van der Waals surface area contributed by atoms with Crippen molar-refractivity contribution in [3.63, 3.8) is 0 Å². The van der Waals surface area contributed by atoms with E-state index in [9.17, 15) is 9.59 Å². The number of hydrogen-bond donors (Lipinski definition) is 0. The fraction of sp³-hybridized carbons (Fsp3) is 0.0833. The molecule has 0 atom stereocenters. The van der Waals surface area contributed by atoms with Crippen molar-refractivity contribution in [3.8, 4) is 0 Å². The minimum Gasteiger partial charge on any atom is -0.293 e. The van der Waals surface area contributed by atoms with Crippen molar-refractivity contribution in [2.24, 2.45) is 0 Å². The van der Waals surface area contributed by atoms with Crippen molar-refractivity contribution in [1.29, 1.82) is 0 Å². The molecule has 0 aliphatic carbocycles. The van der Waals surface area contributed by atoms with Gasteiger partial charge in [0.1, 0.15) is 0 Å².